The Kier molecular flexibility index (Phi) is 5.71. The zero-order valence-electron chi connectivity index (χ0n) is 7.59. The minimum atomic E-state index is -0.185. The van der Waals surface area contributed by atoms with E-state index in [1.807, 2.05) is 0 Å². The molecular weight excluding hydrogens is 159 g/mol. The maximum atomic E-state index is 10.3. The third kappa shape index (κ3) is 3.31. The molecule has 0 unspecified atom stereocenters. The van der Waals surface area contributed by atoms with Gasteiger partial charge in [0.25, 0.3) is 0 Å². The highest BCUT2D eigenvalue weighted by atomic mass is 31.1. The molecule has 11 heavy (non-hydrogen) atoms. The highest BCUT2D eigenvalue weighted by Gasteiger charge is 2.26. The van der Waals surface area contributed by atoms with Crippen LogP contribution in [0.4, 0.5) is 0 Å². The predicted molar refractivity (Wildman–Crippen MR) is 46.9 cm³/mol. The molecule has 0 bridgehead atoms. The summed E-state index contributed by atoms with van der Waals surface area (Å²) in [5, 5.41) is 0. The van der Waals surface area contributed by atoms with Crippen molar-refractivity contribution in [1.82, 2.24) is 0 Å². The topological polar surface area (TPSA) is 26.3 Å². The van der Waals surface area contributed by atoms with Crippen molar-refractivity contribution < 1.29 is 9.09 Å². The second-order valence-corrected chi connectivity index (χ2v) is 3.14. The van der Waals surface area contributed by atoms with Crippen molar-refractivity contribution in [2.45, 2.75) is 52.1 Å². The van der Waals surface area contributed by atoms with Gasteiger partial charge in [0, 0.05) is 0 Å². The van der Waals surface area contributed by atoms with Crippen LogP contribution in [0, 0.1) is 0 Å². The SMILES string of the molecule is CCCC(CC)(CC)OP=O. The zero-order valence-corrected chi connectivity index (χ0v) is 8.49. The Morgan fingerprint density at radius 1 is 1.27 bits per heavy atom. The zero-order chi connectivity index (χ0) is 8.74. The largest absolute Gasteiger partial charge is 0.327 e. The lowest BCUT2D eigenvalue weighted by Gasteiger charge is -2.27. The van der Waals surface area contributed by atoms with Gasteiger partial charge in [-0.2, -0.15) is 0 Å². The molecule has 0 saturated heterocycles. The highest BCUT2D eigenvalue weighted by molar-refractivity contribution is 7.17. The average molecular weight is 176 g/mol. The van der Waals surface area contributed by atoms with Crippen molar-refractivity contribution in [1.29, 1.82) is 0 Å². The van der Waals surface area contributed by atoms with E-state index in [9.17, 15) is 4.57 Å². The molecule has 0 amide bonds. The van der Waals surface area contributed by atoms with E-state index in [1.54, 1.807) is 0 Å². The molecule has 0 aromatic rings. The average Bonchev–Trinajstić information content (AvgIpc) is 2.04. The van der Waals surface area contributed by atoms with E-state index in [2.05, 4.69) is 20.8 Å². The molecular formula is C8H17O2P. The first kappa shape index (κ1) is 11.1. The fraction of sp³-hybridized carbons (Fsp3) is 1.00. The van der Waals surface area contributed by atoms with Gasteiger partial charge in [0.05, 0.1) is 5.60 Å². The molecule has 2 nitrogen and oxygen atoms in total. The maximum absolute atomic E-state index is 10.3. The molecule has 0 atom stereocenters. The summed E-state index contributed by atoms with van der Waals surface area (Å²) in [5.74, 6) is 0. The van der Waals surface area contributed by atoms with E-state index >= 15 is 0 Å². The van der Waals surface area contributed by atoms with Crippen molar-refractivity contribution >= 4 is 8.69 Å². The van der Waals surface area contributed by atoms with Crippen LogP contribution >= 0.6 is 8.69 Å². The van der Waals surface area contributed by atoms with Crippen LogP contribution in [0.5, 0.6) is 0 Å². The molecule has 66 valence electrons. The van der Waals surface area contributed by atoms with E-state index in [-0.39, 0.29) is 14.3 Å². The normalized spacial score (nSPS) is 12.3. The number of rotatable bonds is 6. The van der Waals surface area contributed by atoms with E-state index in [0.717, 1.165) is 25.7 Å². The highest BCUT2D eigenvalue weighted by Crippen LogP contribution is 2.29. The Morgan fingerprint density at radius 3 is 2.09 bits per heavy atom. The Labute approximate surface area is 70.6 Å². The van der Waals surface area contributed by atoms with E-state index in [0.29, 0.717) is 0 Å². The number of hydrogen-bond acceptors (Lipinski definition) is 2. The van der Waals surface area contributed by atoms with Crippen molar-refractivity contribution in [3.63, 3.8) is 0 Å². The van der Waals surface area contributed by atoms with Crippen LogP contribution in [-0.2, 0) is 9.09 Å². The molecule has 0 aliphatic carbocycles. The molecule has 0 radical (unpaired) electrons. The van der Waals surface area contributed by atoms with Gasteiger partial charge in [-0.15, -0.1) is 0 Å². The summed E-state index contributed by atoms with van der Waals surface area (Å²) in [5.41, 5.74) is -0.141. The van der Waals surface area contributed by atoms with Crippen LogP contribution in [0.2, 0.25) is 0 Å². The van der Waals surface area contributed by atoms with Crippen LogP contribution in [0.1, 0.15) is 46.5 Å². The summed E-state index contributed by atoms with van der Waals surface area (Å²) in [7, 11) is -0.185. The minimum Gasteiger partial charge on any atom is -0.288 e. The summed E-state index contributed by atoms with van der Waals surface area (Å²) >= 11 is 0. The molecule has 0 aromatic carbocycles. The Hall–Kier alpha value is 0.0600. The summed E-state index contributed by atoms with van der Waals surface area (Å²) in [6, 6.07) is 0. The quantitative estimate of drug-likeness (QED) is 0.578. The molecule has 0 rings (SSSR count). The van der Waals surface area contributed by atoms with Gasteiger partial charge in [-0.05, 0) is 19.3 Å². The van der Waals surface area contributed by atoms with E-state index < -0.39 is 0 Å². The van der Waals surface area contributed by atoms with Gasteiger partial charge < -0.3 is 0 Å². The molecule has 3 heteroatoms. The predicted octanol–water partition coefficient (Wildman–Crippen LogP) is 3.57. The second kappa shape index (κ2) is 5.68. The van der Waals surface area contributed by atoms with Crippen molar-refractivity contribution in [3.8, 4) is 0 Å². The first-order chi connectivity index (χ1) is 5.24. The lowest BCUT2D eigenvalue weighted by molar-refractivity contribution is 0.0650. The molecule has 0 N–H and O–H groups in total. The van der Waals surface area contributed by atoms with Crippen molar-refractivity contribution in [2.75, 3.05) is 0 Å². The molecule has 0 aliphatic heterocycles. The molecule has 0 heterocycles. The fourth-order valence-electron chi connectivity index (χ4n) is 1.31. The first-order valence-electron chi connectivity index (χ1n) is 4.25. The van der Waals surface area contributed by atoms with Crippen molar-refractivity contribution in [2.24, 2.45) is 0 Å². The Bertz CT molecular complexity index is 111. The summed E-state index contributed by atoms with van der Waals surface area (Å²) in [4.78, 5) is 0. The third-order valence-electron chi connectivity index (χ3n) is 2.23. The lowest BCUT2D eigenvalue weighted by atomic mass is 9.92. The van der Waals surface area contributed by atoms with Crippen LogP contribution < -0.4 is 0 Å². The molecule has 0 fully saturated rings. The first-order valence-corrected chi connectivity index (χ1v) is 4.98. The molecule has 0 saturated carbocycles. The number of hydrogen-bond donors (Lipinski definition) is 0. The van der Waals surface area contributed by atoms with Gasteiger partial charge in [-0.25, -0.2) is 4.57 Å². The van der Waals surface area contributed by atoms with Gasteiger partial charge in [0.2, 0.25) is 0 Å². The van der Waals surface area contributed by atoms with Crippen LogP contribution in [-0.4, -0.2) is 5.60 Å². The second-order valence-electron chi connectivity index (χ2n) is 2.81. The summed E-state index contributed by atoms with van der Waals surface area (Å²) < 4.78 is 15.5. The Morgan fingerprint density at radius 2 is 1.82 bits per heavy atom. The fourth-order valence-corrected chi connectivity index (χ4v) is 1.82. The lowest BCUT2D eigenvalue weighted by Crippen LogP contribution is -2.27. The van der Waals surface area contributed by atoms with Gasteiger partial charge in [-0.1, -0.05) is 27.2 Å². The molecule has 0 spiro atoms. The van der Waals surface area contributed by atoms with Crippen LogP contribution in [0.3, 0.4) is 0 Å². The van der Waals surface area contributed by atoms with Gasteiger partial charge in [-0.3, -0.25) is 4.52 Å². The van der Waals surface area contributed by atoms with Gasteiger partial charge in [0.1, 0.15) is 0 Å². The van der Waals surface area contributed by atoms with Crippen LogP contribution in [0.15, 0.2) is 0 Å². The molecule has 0 aliphatic rings. The standard InChI is InChI=1S/C8H17O2P/c1-4-7-8(5-2,6-3)10-11-9/h4-7H2,1-3H3. The van der Waals surface area contributed by atoms with Crippen LogP contribution in [0.25, 0.3) is 0 Å². The monoisotopic (exact) mass is 176 g/mol. The van der Waals surface area contributed by atoms with Crippen molar-refractivity contribution in [3.05, 3.63) is 0 Å². The van der Waals surface area contributed by atoms with Gasteiger partial charge in [0.15, 0.2) is 0 Å². The van der Waals surface area contributed by atoms with Gasteiger partial charge >= 0.3 is 8.69 Å². The third-order valence-corrected chi connectivity index (χ3v) is 2.69. The maximum Gasteiger partial charge on any atom is 0.327 e. The minimum absolute atomic E-state index is 0.141. The van der Waals surface area contributed by atoms with E-state index in [4.69, 9.17) is 4.52 Å². The molecule has 0 aromatic heterocycles. The summed E-state index contributed by atoms with van der Waals surface area (Å²) in [6.07, 6.45) is 3.95. The smallest absolute Gasteiger partial charge is 0.288 e. The Balaban J connectivity index is 4.06. The van der Waals surface area contributed by atoms with E-state index in [1.165, 1.54) is 0 Å². The summed E-state index contributed by atoms with van der Waals surface area (Å²) in [6.45, 7) is 6.26.